The molecule has 0 heterocycles. The number of hydrogen-bond acceptors (Lipinski definition) is 4. The van der Waals surface area contributed by atoms with Crippen LogP contribution in [-0.2, 0) is 9.53 Å². The number of carbonyl (C=O) groups excluding carboxylic acids is 1. The summed E-state index contributed by atoms with van der Waals surface area (Å²) in [5.74, 6) is 0.624. The first kappa shape index (κ1) is 18.6. The predicted octanol–water partition coefficient (Wildman–Crippen LogP) is 2.84. The van der Waals surface area contributed by atoms with E-state index in [0.717, 1.165) is 51.4 Å². The van der Waals surface area contributed by atoms with Crippen LogP contribution >= 0.6 is 0 Å². The van der Waals surface area contributed by atoms with Gasteiger partial charge >= 0.3 is 0 Å². The molecule has 0 saturated heterocycles. The summed E-state index contributed by atoms with van der Waals surface area (Å²) in [4.78, 5) is 11.9. The Hall–Kier alpha value is -0.450. The molecule has 124 valence electrons. The van der Waals surface area contributed by atoms with Gasteiger partial charge in [0.25, 0.3) is 0 Å². The Morgan fingerprint density at radius 2 is 2.10 bits per heavy atom. The number of ketones is 1. The van der Waals surface area contributed by atoms with Gasteiger partial charge in [0, 0.05) is 20.0 Å². The van der Waals surface area contributed by atoms with E-state index in [1.165, 1.54) is 0 Å². The van der Waals surface area contributed by atoms with Crippen LogP contribution in [0, 0.1) is 5.92 Å². The molecule has 0 aliphatic heterocycles. The molecule has 21 heavy (non-hydrogen) atoms. The van der Waals surface area contributed by atoms with Crippen molar-refractivity contribution in [2.75, 3.05) is 7.11 Å². The number of unbranched alkanes of at least 4 members (excludes halogenated alkanes) is 2. The van der Waals surface area contributed by atoms with E-state index in [2.05, 4.69) is 6.92 Å². The first-order chi connectivity index (χ1) is 10.1. The van der Waals surface area contributed by atoms with Crippen LogP contribution in [0.5, 0.6) is 0 Å². The monoisotopic (exact) mass is 300 g/mol. The van der Waals surface area contributed by atoms with Crippen molar-refractivity contribution in [3.05, 3.63) is 0 Å². The average Bonchev–Trinajstić information content (AvgIpc) is 2.46. The number of hydrogen-bond donors (Lipinski definition) is 2. The Balaban J connectivity index is 2.17. The molecule has 2 N–H and O–H groups in total. The lowest BCUT2D eigenvalue weighted by atomic mass is 9.82. The molecular formula is C17H32O4. The molecule has 0 aromatic rings. The van der Waals surface area contributed by atoms with Crippen molar-refractivity contribution in [2.24, 2.45) is 5.92 Å². The molecule has 0 spiro atoms. The third-order valence-corrected chi connectivity index (χ3v) is 4.60. The molecule has 0 aromatic heterocycles. The van der Waals surface area contributed by atoms with Crippen molar-refractivity contribution in [3.63, 3.8) is 0 Å². The maximum Gasteiger partial charge on any atom is 0.135 e. The van der Waals surface area contributed by atoms with Gasteiger partial charge in [0.1, 0.15) is 5.78 Å². The van der Waals surface area contributed by atoms with E-state index in [-0.39, 0.29) is 18.0 Å². The highest BCUT2D eigenvalue weighted by Gasteiger charge is 2.29. The summed E-state index contributed by atoms with van der Waals surface area (Å²) in [6.07, 6.45) is 7.34. The van der Waals surface area contributed by atoms with Crippen LogP contribution in [0.25, 0.3) is 0 Å². The topological polar surface area (TPSA) is 66.8 Å². The van der Waals surface area contributed by atoms with E-state index in [0.29, 0.717) is 18.8 Å². The van der Waals surface area contributed by atoms with Gasteiger partial charge in [-0.15, -0.1) is 0 Å². The molecule has 1 saturated carbocycles. The van der Waals surface area contributed by atoms with Gasteiger partial charge in [0.2, 0.25) is 0 Å². The second kappa shape index (κ2) is 10.3. The molecule has 1 aliphatic rings. The fourth-order valence-electron chi connectivity index (χ4n) is 3.17. The first-order valence-electron chi connectivity index (χ1n) is 8.47. The van der Waals surface area contributed by atoms with E-state index in [4.69, 9.17) is 4.74 Å². The quantitative estimate of drug-likeness (QED) is 0.609. The summed E-state index contributed by atoms with van der Waals surface area (Å²) in [5.41, 5.74) is 0. The molecule has 0 radical (unpaired) electrons. The van der Waals surface area contributed by atoms with E-state index in [1.807, 2.05) is 0 Å². The van der Waals surface area contributed by atoms with Gasteiger partial charge in [-0.2, -0.15) is 0 Å². The summed E-state index contributed by atoms with van der Waals surface area (Å²) in [6, 6.07) is 0. The zero-order valence-electron chi connectivity index (χ0n) is 13.6. The minimum Gasteiger partial charge on any atom is -0.393 e. The van der Waals surface area contributed by atoms with Gasteiger partial charge in [-0.3, -0.25) is 4.79 Å². The number of ether oxygens (including phenoxy) is 1. The highest BCUT2D eigenvalue weighted by atomic mass is 16.5. The van der Waals surface area contributed by atoms with E-state index >= 15 is 0 Å². The van der Waals surface area contributed by atoms with Crippen molar-refractivity contribution in [1.82, 2.24) is 0 Å². The Kier molecular flexibility index (Phi) is 9.13. The second-order valence-corrected chi connectivity index (χ2v) is 6.45. The van der Waals surface area contributed by atoms with Gasteiger partial charge in [0.05, 0.1) is 18.3 Å². The Morgan fingerprint density at radius 1 is 1.33 bits per heavy atom. The Labute approximate surface area is 128 Å². The molecule has 0 bridgehead atoms. The predicted molar refractivity (Wildman–Crippen MR) is 83.2 cm³/mol. The van der Waals surface area contributed by atoms with Gasteiger partial charge in [-0.05, 0) is 38.0 Å². The van der Waals surface area contributed by atoms with Gasteiger partial charge in [0.15, 0.2) is 0 Å². The molecular weight excluding hydrogens is 268 g/mol. The fourth-order valence-corrected chi connectivity index (χ4v) is 3.17. The summed E-state index contributed by atoms with van der Waals surface area (Å²) in [5, 5.41) is 19.6. The van der Waals surface area contributed by atoms with Crippen LogP contribution in [-0.4, -0.2) is 41.4 Å². The molecule has 4 heteroatoms. The Morgan fingerprint density at radius 3 is 2.76 bits per heavy atom. The Bertz CT molecular complexity index is 293. The van der Waals surface area contributed by atoms with Crippen LogP contribution in [0.2, 0.25) is 0 Å². The number of carbonyl (C=O) groups is 1. The number of Topliss-reactive ketones (excluding diaryl/α,β-unsaturated/α-hetero) is 1. The van der Waals surface area contributed by atoms with Crippen LogP contribution in [0.4, 0.5) is 0 Å². The van der Waals surface area contributed by atoms with Crippen molar-refractivity contribution in [2.45, 2.75) is 89.4 Å². The second-order valence-electron chi connectivity index (χ2n) is 6.45. The molecule has 1 aliphatic carbocycles. The minimum absolute atomic E-state index is 0.0847. The fraction of sp³-hybridized carbons (Fsp3) is 0.941. The van der Waals surface area contributed by atoms with Gasteiger partial charge in [-0.25, -0.2) is 0 Å². The standard InChI is InChI=1S/C17H32O4/c1-3-4-5-6-14(18)12-15(19)9-7-13-8-10-16(20)17(11-13)21-2/h13-14,16-18,20H,3-12H2,1-2H3. The van der Waals surface area contributed by atoms with E-state index in [1.54, 1.807) is 7.11 Å². The van der Waals surface area contributed by atoms with Crippen molar-refractivity contribution in [1.29, 1.82) is 0 Å². The van der Waals surface area contributed by atoms with Gasteiger partial charge < -0.3 is 14.9 Å². The molecule has 0 amide bonds. The maximum absolute atomic E-state index is 11.9. The van der Waals surface area contributed by atoms with E-state index < -0.39 is 6.10 Å². The third kappa shape index (κ3) is 7.39. The van der Waals surface area contributed by atoms with Gasteiger partial charge in [-0.1, -0.05) is 26.2 Å². The number of rotatable bonds is 10. The third-order valence-electron chi connectivity index (χ3n) is 4.60. The highest BCUT2D eigenvalue weighted by molar-refractivity contribution is 5.78. The maximum atomic E-state index is 11.9. The number of aliphatic hydroxyl groups excluding tert-OH is 2. The average molecular weight is 300 g/mol. The van der Waals surface area contributed by atoms with Crippen molar-refractivity contribution >= 4 is 5.78 Å². The van der Waals surface area contributed by atoms with Crippen LogP contribution in [0.3, 0.4) is 0 Å². The molecule has 4 atom stereocenters. The largest absolute Gasteiger partial charge is 0.393 e. The van der Waals surface area contributed by atoms with Crippen molar-refractivity contribution in [3.8, 4) is 0 Å². The minimum atomic E-state index is -0.469. The normalized spacial score (nSPS) is 27.5. The summed E-state index contributed by atoms with van der Waals surface area (Å²) in [6.45, 7) is 2.13. The number of aliphatic hydroxyl groups is 2. The van der Waals surface area contributed by atoms with Crippen LogP contribution in [0.15, 0.2) is 0 Å². The molecule has 1 rings (SSSR count). The van der Waals surface area contributed by atoms with Crippen molar-refractivity contribution < 1.29 is 19.7 Å². The lowest BCUT2D eigenvalue weighted by Crippen LogP contribution is -2.35. The molecule has 0 aromatic carbocycles. The molecule has 4 unspecified atom stereocenters. The lowest BCUT2D eigenvalue weighted by Gasteiger charge is -2.32. The van der Waals surface area contributed by atoms with E-state index in [9.17, 15) is 15.0 Å². The zero-order chi connectivity index (χ0) is 15.7. The van der Waals surface area contributed by atoms with Crippen LogP contribution < -0.4 is 0 Å². The summed E-state index contributed by atoms with van der Waals surface area (Å²) < 4.78 is 5.28. The first-order valence-corrected chi connectivity index (χ1v) is 8.47. The smallest absolute Gasteiger partial charge is 0.135 e. The highest BCUT2D eigenvalue weighted by Crippen LogP contribution is 2.30. The number of methoxy groups -OCH3 is 1. The molecule has 4 nitrogen and oxygen atoms in total. The molecule has 1 fully saturated rings. The SMILES string of the molecule is CCCCCC(O)CC(=O)CCC1CCC(O)C(OC)C1. The van der Waals surface area contributed by atoms with Crippen LogP contribution in [0.1, 0.15) is 71.1 Å². The zero-order valence-corrected chi connectivity index (χ0v) is 13.6. The summed E-state index contributed by atoms with van der Waals surface area (Å²) >= 11 is 0. The summed E-state index contributed by atoms with van der Waals surface area (Å²) in [7, 11) is 1.63. The lowest BCUT2D eigenvalue weighted by molar-refractivity contribution is -0.121.